The van der Waals surface area contributed by atoms with Gasteiger partial charge in [0.15, 0.2) is 18.1 Å². The van der Waals surface area contributed by atoms with Gasteiger partial charge in [0, 0.05) is 28.0 Å². The molecule has 0 atom stereocenters. The molecule has 0 saturated heterocycles. The second kappa shape index (κ2) is 11.1. The molecule has 0 spiro atoms. The van der Waals surface area contributed by atoms with E-state index in [1.165, 1.54) is 0 Å². The predicted molar refractivity (Wildman–Crippen MR) is 131 cm³/mol. The second-order valence-corrected chi connectivity index (χ2v) is 8.17. The SMILES string of the molecule is CCOc1cc(CNc2cc(Cl)ccc2C)ccc1OCC(=O)Nc1ccc(C)c(Cl)c1. The minimum absolute atomic E-state index is 0.148. The molecule has 0 aliphatic rings. The number of hydrogen-bond acceptors (Lipinski definition) is 4. The van der Waals surface area contributed by atoms with Crippen LogP contribution < -0.4 is 20.1 Å². The first kappa shape index (κ1) is 23.8. The molecule has 3 aromatic rings. The molecule has 1 amide bonds. The van der Waals surface area contributed by atoms with Crippen molar-refractivity contribution in [3.05, 3.63) is 81.3 Å². The Balaban J connectivity index is 1.62. The summed E-state index contributed by atoms with van der Waals surface area (Å²) in [4.78, 5) is 12.3. The Bertz CT molecular complexity index is 1100. The van der Waals surface area contributed by atoms with Crippen molar-refractivity contribution < 1.29 is 14.3 Å². The summed E-state index contributed by atoms with van der Waals surface area (Å²) in [5.41, 5.74) is 4.67. The van der Waals surface area contributed by atoms with Gasteiger partial charge in [0.2, 0.25) is 0 Å². The van der Waals surface area contributed by atoms with Gasteiger partial charge >= 0.3 is 0 Å². The van der Waals surface area contributed by atoms with Crippen molar-refractivity contribution in [1.29, 1.82) is 0 Å². The minimum atomic E-state index is -0.283. The van der Waals surface area contributed by atoms with Crippen LogP contribution in [-0.2, 0) is 11.3 Å². The number of ether oxygens (including phenoxy) is 2. The Morgan fingerprint density at radius 2 is 1.69 bits per heavy atom. The van der Waals surface area contributed by atoms with Crippen LogP contribution >= 0.6 is 23.2 Å². The van der Waals surface area contributed by atoms with E-state index in [9.17, 15) is 4.79 Å². The Labute approximate surface area is 198 Å². The molecule has 3 aromatic carbocycles. The lowest BCUT2D eigenvalue weighted by molar-refractivity contribution is -0.118. The van der Waals surface area contributed by atoms with E-state index >= 15 is 0 Å². The fourth-order valence-electron chi connectivity index (χ4n) is 3.04. The van der Waals surface area contributed by atoms with Gasteiger partial charge in [-0.1, -0.05) is 41.4 Å². The standard InChI is InChI=1S/C25H26Cl2N2O3/c1-4-31-24-11-18(14-28-22-12-19(26)8-5-17(22)3)7-10-23(24)32-15-25(30)29-20-9-6-16(2)21(27)13-20/h5-13,28H,4,14-15H2,1-3H3,(H,29,30). The van der Waals surface area contributed by atoms with Crippen LogP contribution in [0, 0.1) is 13.8 Å². The maximum Gasteiger partial charge on any atom is 0.262 e. The quantitative estimate of drug-likeness (QED) is 0.366. The zero-order valence-electron chi connectivity index (χ0n) is 18.3. The van der Waals surface area contributed by atoms with Crippen LogP contribution in [0.15, 0.2) is 54.6 Å². The first-order valence-corrected chi connectivity index (χ1v) is 11.1. The second-order valence-electron chi connectivity index (χ2n) is 7.33. The first-order chi connectivity index (χ1) is 15.4. The van der Waals surface area contributed by atoms with Crippen LogP contribution in [0.5, 0.6) is 11.5 Å². The topological polar surface area (TPSA) is 59.6 Å². The molecule has 7 heteroatoms. The number of halogens is 2. The summed E-state index contributed by atoms with van der Waals surface area (Å²) in [6, 6.07) is 16.8. The molecule has 0 saturated carbocycles. The number of carbonyl (C=O) groups is 1. The summed E-state index contributed by atoms with van der Waals surface area (Å²) in [6.45, 7) is 6.76. The van der Waals surface area contributed by atoms with E-state index in [4.69, 9.17) is 32.7 Å². The molecule has 0 unspecified atom stereocenters. The highest BCUT2D eigenvalue weighted by atomic mass is 35.5. The summed E-state index contributed by atoms with van der Waals surface area (Å²) in [6.07, 6.45) is 0. The monoisotopic (exact) mass is 472 g/mol. The van der Waals surface area contributed by atoms with Crippen LogP contribution in [0.25, 0.3) is 0 Å². The molecule has 0 aliphatic carbocycles. The Morgan fingerprint density at radius 1 is 0.906 bits per heavy atom. The van der Waals surface area contributed by atoms with Crippen LogP contribution in [0.1, 0.15) is 23.6 Å². The maximum absolute atomic E-state index is 12.3. The maximum atomic E-state index is 12.3. The van der Waals surface area contributed by atoms with Gasteiger partial charge in [-0.15, -0.1) is 0 Å². The van der Waals surface area contributed by atoms with Gasteiger partial charge in [-0.25, -0.2) is 0 Å². The zero-order chi connectivity index (χ0) is 23.1. The third-order valence-corrected chi connectivity index (χ3v) is 5.45. The Hall–Kier alpha value is -2.89. The van der Waals surface area contributed by atoms with Crippen LogP contribution in [0.3, 0.4) is 0 Å². The fraction of sp³-hybridized carbons (Fsp3) is 0.240. The number of nitrogens with one attached hydrogen (secondary N) is 2. The van der Waals surface area contributed by atoms with E-state index in [0.717, 1.165) is 22.4 Å². The summed E-state index contributed by atoms with van der Waals surface area (Å²) in [5.74, 6) is 0.807. The van der Waals surface area contributed by atoms with Crippen LogP contribution in [-0.4, -0.2) is 19.1 Å². The van der Waals surface area contributed by atoms with Crippen LogP contribution in [0.2, 0.25) is 10.0 Å². The molecular formula is C25H26Cl2N2O3. The molecule has 3 rings (SSSR count). The molecular weight excluding hydrogens is 447 g/mol. The van der Waals surface area contributed by atoms with Crippen molar-refractivity contribution >= 4 is 40.5 Å². The predicted octanol–water partition coefficient (Wildman–Crippen LogP) is 6.64. The highest BCUT2D eigenvalue weighted by Crippen LogP contribution is 2.29. The van der Waals surface area contributed by atoms with Crippen molar-refractivity contribution in [3.63, 3.8) is 0 Å². The van der Waals surface area contributed by atoms with Gasteiger partial charge in [-0.3, -0.25) is 4.79 Å². The molecule has 0 bridgehead atoms. The first-order valence-electron chi connectivity index (χ1n) is 10.3. The normalized spacial score (nSPS) is 10.5. The van der Waals surface area contributed by atoms with Crippen molar-refractivity contribution in [2.45, 2.75) is 27.3 Å². The van der Waals surface area contributed by atoms with Crippen LogP contribution in [0.4, 0.5) is 11.4 Å². The molecule has 5 nitrogen and oxygen atoms in total. The number of rotatable bonds is 9. The van der Waals surface area contributed by atoms with Crippen molar-refractivity contribution in [3.8, 4) is 11.5 Å². The van der Waals surface area contributed by atoms with E-state index in [1.807, 2.05) is 63.2 Å². The Kier molecular flexibility index (Phi) is 8.26. The minimum Gasteiger partial charge on any atom is -0.490 e. The lowest BCUT2D eigenvalue weighted by Gasteiger charge is -2.15. The molecule has 0 aliphatic heterocycles. The number of anilines is 2. The van der Waals surface area contributed by atoms with Crippen molar-refractivity contribution in [1.82, 2.24) is 0 Å². The van der Waals surface area contributed by atoms with E-state index in [1.54, 1.807) is 12.1 Å². The molecule has 0 aromatic heterocycles. The average Bonchev–Trinajstić information content (AvgIpc) is 2.76. The van der Waals surface area contributed by atoms with Gasteiger partial charge in [-0.2, -0.15) is 0 Å². The molecule has 2 N–H and O–H groups in total. The van der Waals surface area contributed by atoms with Gasteiger partial charge in [0.05, 0.1) is 6.61 Å². The smallest absolute Gasteiger partial charge is 0.262 e. The van der Waals surface area contributed by atoms with Crippen molar-refractivity contribution in [2.75, 3.05) is 23.8 Å². The highest BCUT2D eigenvalue weighted by Gasteiger charge is 2.11. The third-order valence-electron chi connectivity index (χ3n) is 4.80. The fourth-order valence-corrected chi connectivity index (χ4v) is 3.40. The number of carbonyl (C=O) groups excluding carboxylic acids is 1. The van der Waals surface area contributed by atoms with Gasteiger partial charge in [0.25, 0.3) is 5.91 Å². The number of amides is 1. The lowest BCUT2D eigenvalue weighted by atomic mass is 10.1. The molecule has 0 heterocycles. The summed E-state index contributed by atoms with van der Waals surface area (Å²) in [5, 5.41) is 7.45. The van der Waals surface area contributed by atoms with Gasteiger partial charge in [-0.05, 0) is 73.9 Å². The van der Waals surface area contributed by atoms with E-state index in [-0.39, 0.29) is 12.5 Å². The average molecular weight is 473 g/mol. The third kappa shape index (κ3) is 6.55. The lowest BCUT2D eigenvalue weighted by Crippen LogP contribution is -2.20. The number of benzene rings is 3. The Morgan fingerprint density at radius 3 is 2.44 bits per heavy atom. The molecule has 0 radical (unpaired) electrons. The number of hydrogen-bond donors (Lipinski definition) is 2. The number of aryl methyl sites for hydroxylation is 2. The van der Waals surface area contributed by atoms with E-state index in [0.29, 0.717) is 40.4 Å². The molecule has 168 valence electrons. The van der Waals surface area contributed by atoms with E-state index < -0.39 is 0 Å². The van der Waals surface area contributed by atoms with Crippen molar-refractivity contribution in [2.24, 2.45) is 0 Å². The van der Waals surface area contributed by atoms with Gasteiger partial charge < -0.3 is 20.1 Å². The molecule has 32 heavy (non-hydrogen) atoms. The summed E-state index contributed by atoms with van der Waals surface area (Å²) in [7, 11) is 0. The van der Waals surface area contributed by atoms with E-state index in [2.05, 4.69) is 10.6 Å². The molecule has 0 fully saturated rings. The largest absolute Gasteiger partial charge is 0.490 e. The summed E-state index contributed by atoms with van der Waals surface area (Å²) < 4.78 is 11.5. The zero-order valence-corrected chi connectivity index (χ0v) is 19.8. The summed E-state index contributed by atoms with van der Waals surface area (Å²) >= 11 is 12.2. The highest BCUT2D eigenvalue weighted by molar-refractivity contribution is 6.31. The van der Waals surface area contributed by atoms with Gasteiger partial charge in [0.1, 0.15) is 0 Å².